The van der Waals surface area contributed by atoms with Crippen LogP contribution in [0.2, 0.25) is 0 Å². The summed E-state index contributed by atoms with van der Waals surface area (Å²) in [4.78, 5) is 17.1. The van der Waals surface area contributed by atoms with Crippen LogP contribution in [0, 0.1) is 0 Å². The molecule has 0 amide bonds. The number of hydrogen-bond donors (Lipinski definition) is 1. The second kappa shape index (κ2) is 5.27. The molecule has 0 aromatic carbocycles. The molecule has 1 aromatic heterocycles. The van der Waals surface area contributed by atoms with Gasteiger partial charge in [0.2, 0.25) is 0 Å². The predicted molar refractivity (Wildman–Crippen MR) is 64.8 cm³/mol. The lowest BCUT2D eigenvalue weighted by Crippen LogP contribution is -2.19. The van der Waals surface area contributed by atoms with Gasteiger partial charge in [-0.25, -0.2) is 0 Å². The lowest BCUT2D eigenvalue weighted by molar-refractivity contribution is -0.136. The fourth-order valence-electron chi connectivity index (χ4n) is 2.51. The van der Waals surface area contributed by atoms with Crippen molar-refractivity contribution in [3.05, 3.63) is 29.6 Å². The maximum absolute atomic E-state index is 10.6. The number of hydrogen-bond acceptors (Lipinski definition) is 3. The number of carbonyl (C=O) groups is 1. The molecule has 0 radical (unpaired) electrons. The monoisotopic (exact) mass is 234 g/mol. The molecule has 4 nitrogen and oxygen atoms in total. The topological polar surface area (TPSA) is 53.4 Å². The molecule has 1 unspecified atom stereocenters. The summed E-state index contributed by atoms with van der Waals surface area (Å²) in [5.41, 5.74) is 2.33. The first kappa shape index (κ1) is 12.0. The molecule has 2 heterocycles. The standard InChI is InChI=1S/C13H18N2O2/c1-15-8-2-3-12(15)11-9-14-7-6-10(11)4-5-13(16)17/h6-7,9,12H,2-5,8H2,1H3,(H,16,17). The second-order valence-corrected chi connectivity index (χ2v) is 4.61. The summed E-state index contributed by atoms with van der Waals surface area (Å²) in [5.74, 6) is -0.743. The molecule has 1 aliphatic rings. The predicted octanol–water partition coefficient (Wildman–Crippen LogP) is 1.87. The van der Waals surface area contributed by atoms with Gasteiger partial charge in [-0.15, -0.1) is 0 Å². The molecule has 0 spiro atoms. The Morgan fingerprint density at radius 3 is 3.12 bits per heavy atom. The number of pyridine rings is 1. The zero-order chi connectivity index (χ0) is 12.3. The molecule has 1 saturated heterocycles. The smallest absolute Gasteiger partial charge is 0.303 e. The minimum Gasteiger partial charge on any atom is -0.481 e. The minimum atomic E-state index is -0.743. The van der Waals surface area contributed by atoms with Crippen LogP contribution in [0.5, 0.6) is 0 Å². The summed E-state index contributed by atoms with van der Waals surface area (Å²) < 4.78 is 0. The maximum Gasteiger partial charge on any atom is 0.303 e. The van der Waals surface area contributed by atoms with E-state index in [1.54, 1.807) is 6.20 Å². The van der Waals surface area contributed by atoms with Crippen LogP contribution in [0.15, 0.2) is 18.5 Å². The number of likely N-dealkylation sites (tertiary alicyclic amines) is 1. The third-order valence-corrected chi connectivity index (χ3v) is 3.43. The van der Waals surface area contributed by atoms with Crippen LogP contribution in [0.3, 0.4) is 0 Å². The number of aromatic nitrogens is 1. The van der Waals surface area contributed by atoms with Crippen molar-refractivity contribution in [3.8, 4) is 0 Å². The Balaban J connectivity index is 2.18. The summed E-state index contributed by atoms with van der Waals surface area (Å²) >= 11 is 0. The molecule has 0 aliphatic carbocycles. The maximum atomic E-state index is 10.6. The van der Waals surface area contributed by atoms with Crippen LogP contribution in [0.1, 0.15) is 36.4 Å². The van der Waals surface area contributed by atoms with E-state index in [1.807, 2.05) is 12.3 Å². The van der Waals surface area contributed by atoms with E-state index in [4.69, 9.17) is 5.11 Å². The molecule has 1 atom stereocenters. The van der Waals surface area contributed by atoms with Crippen molar-refractivity contribution < 1.29 is 9.90 Å². The van der Waals surface area contributed by atoms with E-state index in [0.29, 0.717) is 12.5 Å². The molecule has 1 N–H and O–H groups in total. The van der Waals surface area contributed by atoms with Gasteiger partial charge in [-0.3, -0.25) is 14.7 Å². The van der Waals surface area contributed by atoms with Crippen molar-refractivity contribution >= 4 is 5.97 Å². The SMILES string of the molecule is CN1CCCC1c1cnccc1CCC(=O)O. The number of nitrogens with zero attached hydrogens (tertiary/aromatic N) is 2. The van der Waals surface area contributed by atoms with Gasteiger partial charge >= 0.3 is 5.97 Å². The van der Waals surface area contributed by atoms with Crippen molar-refractivity contribution in [2.24, 2.45) is 0 Å². The van der Waals surface area contributed by atoms with Crippen LogP contribution in [0.25, 0.3) is 0 Å². The third-order valence-electron chi connectivity index (χ3n) is 3.43. The molecule has 1 aromatic rings. The van der Waals surface area contributed by atoms with Crippen LogP contribution >= 0.6 is 0 Å². The van der Waals surface area contributed by atoms with Gasteiger partial charge in [0.25, 0.3) is 0 Å². The zero-order valence-electron chi connectivity index (χ0n) is 10.1. The molecule has 2 rings (SSSR count). The van der Waals surface area contributed by atoms with Crippen molar-refractivity contribution in [2.75, 3.05) is 13.6 Å². The largest absolute Gasteiger partial charge is 0.481 e. The van der Waals surface area contributed by atoms with Crippen molar-refractivity contribution in [2.45, 2.75) is 31.7 Å². The normalized spacial score (nSPS) is 20.6. The summed E-state index contributed by atoms with van der Waals surface area (Å²) in [6, 6.07) is 2.36. The van der Waals surface area contributed by atoms with Gasteiger partial charge in [0, 0.05) is 24.9 Å². The van der Waals surface area contributed by atoms with Crippen LogP contribution in [-0.4, -0.2) is 34.6 Å². The second-order valence-electron chi connectivity index (χ2n) is 4.61. The van der Waals surface area contributed by atoms with E-state index in [-0.39, 0.29) is 6.42 Å². The number of carboxylic acids is 1. The van der Waals surface area contributed by atoms with Crippen LogP contribution < -0.4 is 0 Å². The first-order chi connectivity index (χ1) is 8.18. The van der Waals surface area contributed by atoms with Gasteiger partial charge in [-0.1, -0.05) is 0 Å². The van der Waals surface area contributed by atoms with E-state index in [2.05, 4.69) is 16.9 Å². The molecule has 1 aliphatic heterocycles. The lowest BCUT2D eigenvalue weighted by atomic mass is 9.98. The highest BCUT2D eigenvalue weighted by Crippen LogP contribution is 2.32. The molecule has 4 heteroatoms. The first-order valence-corrected chi connectivity index (χ1v) is 6.03. The van der Waals surface area contributed by atoms with Gasteiger partial charge < -0.3 is 5.11 Å². The molecule has 17 heavy (non-hydrogen) atoms. The molecule has 0 saturated carbocycles. The molecular formula is C13H18N2O2. The minimum absolute atomic E-state index is 0.188. The summed E-state index contributed by atoms with van der Waals surface area (Å²) in [6.07, 6.45) is 6.76. The van der Waals surface area contributed by atoms with Gasteiger partial charge in [-0.2, -0.15) is 0 Å². The molecule has 0 bridgehead atoms. The highest BCUT2D eigenvalue weighted by Gasteiger charge is 2.24. The number of aryl methyl sites for hydroxylation is 1. The van der Waals surface area contributed by atoms with Gasteiger partial charge in [0.05, 0.1) is 0 Å². The van der Waals surface area contributed by atoms with Crippen LogP contribution in [-0.2, 0) is 11.2 Å². The van der Waals surface area contributed by atoms with E-state index in [1.165, 1.54) is 12.0 Å². The molecular weight excluding hydrogens is 216 g/mol. The number of carboxylic acid groups (broad SMARTS) is 1. The van der Waals surface area contributed by atoms with Gasteiger partial charge in [0.1, 0.15) is 0 Å². The first-order valence-electron chi connectivity index (χ1n) is 6.03. The Labute approximate surface area is 101 Å². The number of rotatable bonds is 4. The molecule has 1 fully saturated rings. The average molecular weight is 234 g/mol. The summed E-state index contributed by atoms with van der Waals surface area (Å²) in [5, 5.41) is 8.76. The summed E-state index contributed by atoms with van der Waals surface area (Å²) in [7, 11) is 2.12. The average Bonchev–Trinajstić information content (AvgIpc) is 2.73. The van der Waals surface area contributed by atoms with Crippen molar-refractivity contribution in [1.29, 1.82) is 0 Å². The Hall–Kier alpha value is -1.42. The Morgan fingerprint density at radius 2 is 2.47 bits per heavy atom. The van der Waals surface area contributed by atoms with E-state index in [0.717, 1.165) is 18.5 Å². The van der Waals surface area contributed by atoms with Gasteiger partial charge in [0.15, 0.2) is 0 Å². The fraction of sp³-hybridized carbons (Fsp3) is 0.538. The lowest BCUT2D eigenvalue weighted by Gasteiger charge is -2.22. The van der Waals surface area contributed by atoms with E-state index < -0.39 is 5.97 Å². The quantitative estimate of drug-likeness (QED) is 0.864. The highest BCUT2D eigenvalue weighted by molar-refractivity contribution is 5.67. The fourth-order valence-corrected chi connectivity index (χ4v) is 2.51. The highest BCUT2D eigenvalue weighted by atomic mass is 16.4. The van der Waals surface area contributed by atoms with Crippen molar-refractivity contribution in [1.82, 2.24) is 9.88 Å². The Kier molecular flexibility index (Phi) is 3.74. The van der Waals surface area contributed by atoms with Crippen LogP contribution in [0.4, 0.5) is 0 Å². The summed E-state index contributed by atoms with van der Waals surface area (Å²) in [6.45, 7) is 1.11. The zero-order valence-corrected chi connectivity index (χ0v) is 10.1. The van der Waals surface area contributed by atoms with E-state index in [9.17, 15) is 4.79 Å². The number of aliphatic carboxylic acids is 1. The Bertz CT molecular complexity index is 406. The van der Waals surface area contributed by atoms with Crippen molar-refractivity contribution in [3.63, 3.8) is 0 Å². The molecule has 92 valence electrons. The van der Waals surface area contributed by atoms with E-state index >= 15 is 0 Å². The van der Waals surface area contributed by atoms with Gasteiger partial charge in [-0.05, 0) is 50.0 Å². The third kappa shape index (κ3) is 2.82. The Morgan fingerprint density at radius 1 is 1.65 bits per heavy atom.